The van der Waals surface area contributed by atoms with Crippen LogP contribution in [-0.2, 0) is 4.79 Å². The maximum atomic E-state index is 13.0. The van der Waals surface area contributed by atoms with Crippen LogP contribution in [0.2, 0.25) is 0 Å². The molecule has 2 unspecified atom stereocenters. The predicted molar refractivity (Wildman–Crippen MR) is 110 cm³/mol. The third-order valence-electron chi connectivity index (χ3n) is 6.11. The lowest BCUT2D eigenvalue weighted by Gasteiger charge is -2.46. The van der Waals surface area contributed by atoms with Crippen molar-refractivity contribution in [3.63, 3.8) is 0 Å². The molecule has 0 saturated carbocycles. The summed E-state index contributed by atoms with van der Waals surface area (Å²) in [5.41, 5.74) is 1.67. The molecule has 0 aliphatic carbocycles. The minimum absolute atomic E-state index is 0.0350. The molecule has 1 aromatic carbocycles. The monoisotopic (exact) mass is 385 g/mol. The molecular weight excluding hydrogens is 354 g/mol. The number of piperazine rings is 1. The SMILES string of the molecule is C=Cc1ccc(C(=O)N2CCC(N3CCN(C)CC3)C(CCC(=O)O)C2)cc1. The van der Waals surface area contributed by atoms with Gasteiger partial charge in [0.25, 0.3) is 5.91 Å². The number of amides is 1. The van der Waals surface area contributed by atoms with E-state index < -0.39 is 5.97 Å². The van der Waals surface area contributed by atoms with Crippen LogP contribution >= 0.6 is 0 Å². The van der Waals surface area contributed by atoms with Crippen molar-refractivity contribution in [3.05, 3.63) is 42.0 Å². The topological polar surface area (TPSA) is 64.1 Å². The maximum Gasteiger partial charge on any atom is 0.303 e. The number of carbonyl (C=O) groups excluding carboxylic acids is 1. The number of carboxylic acid groups (broad SMARTS) is 1. The van der Waals surface area contributed by atoms with E-state index in [9.17, 15) is 9.59 Å². The molecule has 1 amide bonds. The van der Waals surface area contributed by atoms with Gasteiger partial charge in [0.15, 0.2) is 0 Å². The Balaban J connectivity index is 1.69. The Labute approximate surface area is 167 Å². The first kappa shape index (κ1) is 20.6. The van der Waals surface area contributed by atoms with Gasteiger partial charge in [0, 0.05) is 57.3 Å². The summed E-state index contributed by atoms with van der Waals surface area (Å²) in [6, 6.07) is 7.86. The molecule has 152 valence electrons. The van der Waals surface area contributed by atoms with Crippen molar-refractivity contribution >= 4 is 18.0 Å². The Hall–Kier alpha value is -2.18. The summed E-state index contributed by atoms with van der Waals surface area (Å²) in [6.45, 7) is 9.22. The first-order valence-corrected chi connectivity index (χ1v) is 10.1. The maximum absolute atomic E-state index is 13.0. The van der Waals surface area contributed by atoms with Gasteiger partial charge in [-0.25, -0.2) is 0 Å². The van der Waals surface area contributed by atoms with Crippen LogP contribution in [0.15, 0.2) is 30.8 Å². The molecule has 2 aliphatic heterocycles. The summed E-state index contributed by atoms with van der Waals surface area (Å²) >= 11 is 0. The number of nitrogens with zero attached hydrogens (tertiary/aromatic N) is 3. The van der Waals surface area contributed by atoms with Gasteiger partial charge >= 0.3 is 5.97 Å². The Morgan fingerprint density at radius 1 is 1.14 bits per heavy atom. The number of benzene rings is 1. The summed E-state index contributed by atoms with van der Waals surface area (Å²) in [5, 5.41) is 9.17. The summed E-state index contributed by atoms with van der Waals surface area (Å²) in [7, 11) is 2.14. The molecule has 6 nitrogen and oxygen atoms in total. The Morgan fingerprint density at radius 2 is 1.82 bits per heavy atom. The van der Waals surface area contributed by atoms with E-state index in [1.807, 2.05) is 29.2 Å². The quantitative estimate of drug-likeness (QED) is 0.814. The van der Waals surface area contributed by atoms with Crippen LogP contribution in [0, 0.1) is 5.92 Å². The van der Waals surface area contributed by atoms with Crippen molar-refractivity contribution in [1.82, 2.24) is 14.7 Å². The number of hydrogen-bond acceptors (Lipinski definition) is 4. The highest BCUT2D eigenvalue weighted by Crippen LogP contribution is 2.28. The van der Waals surface area contributed by atoms with Gasteiger partial charge in [-0.1, -0.05) is 24.8 Å². The van der Waals surface area contributed by atoms with E-state index in [1.54, 1.807) is 6.08 Å². The first-order chi connectivity index (χ1) is 13.5. The number of piperidine rings is 1. The number of carbonyl (C=O) groups is 2. The molecular formula is C22H31N3O3. The molecule has 2 heterocycles. The molecule has 1 N–H and O–H groups in total. The normalized spacial score (nSPS) is 24.1. The summed E-state index contributed by atoms with van der Waals surface area (Å²) in [4.78, 5) is 30.9. The van der Waals surface area contributed by atoms with E-state index >= 15 is 0 Å². The molecule has 0 radical (unpaired) electrons. The number of aliphatic carboxylic acids is 1. The lowest BCUT2D eigenvalue weighted by Crippen LogP contribution is -2.57. The number of likely N-dealkylation sites (tertiary alicyclic amines) is 1. The minimum atomic E-state index is -0.763. The van der Waals surface area contributed by atoms with Crippen LogP contribution in [0.5, 0.6) is 0 Å². The van der Waals surface area contributed by atoms with Gasteiger partial charge in [-0.3, -0.25) is 14.5 Å². The van der Waals surface area contributed by atoms with Crippen molar-refractivity contribution in [3.8, 4) is 0 Å². The van der Waals surface area contributed by atoms with Crippen LogP contribution in [0.25, 0.3) is 6.08 Å². The molecule has 28 heavy (non-hydrogen) atoms. The predicted octanol–water partition coefficient (Wildman–Crippen LogP) is 2.27. The molecule has 2 aliphatic rings. The second-order valence-electron chi connectivity index (χ2n) is 7.97. The molecule has 0 spiro atoms. The standard InChI is InChI=1S/C22H31N3O3/c1-3-17-4-6-18(7-5-17)22(28)25-11-10-20(19(16-25)8-9-21(26)27)24-14-12-23(2)13-15-24/h3-7,19-20H,1,8-16H2,2H3,(H,26,27). The third kappa shape index (κ3) is 5.00. The lowest BCUT2D eigenvalue weighted by molar-refractivity contribution is -0.137. The van der Waals surface area contributed by atoms with E-state index in [0.29, 0.717) is 24.6 Å². The zero-order valence-corrected chi connectivity index (χ0v) is 16.7. The van der Waals surface area contributed by atoms with E-state index in [-0.39, 0.29) is 18.2 Å². The second-order valence-corrected chi connectivity index (χ2v) is 7.97. The van der Waals surface area contributed by atoms with Crippen LogP contribution in [0.4, 0.5) is 0 Å². The van der Waals surface area contributed by atoms with Crippen molar-refractivity contribution in [2.45, 2.75) is 25.3 Å². The summed E-state index contributed by atoms with van der Waals surface area (Å²) in [5.74, 6) is -0.530. The summed E-state index contributed by atoms with van der Waals surface area (Å²) < 4.78 is 0. The van der Waals surface area contributed by atoms with Gasteiger partial charge in [0.1, 0.15) is 0 Å². The van der Waals surface area contributed by atoms with Crippen LogP contribution in [0.3, 0.4) is 0 Å². The van der Waals surface area contributed by atoms with E-state index in [2.05, 4.69) is 23.4 Å². The van der Waals surface area contributed by atoms with Crippen molar-refractivity contribution in [2.24, 2.45) is 5.92 Å². The van der Waals surface area contributed by atoms with E-state index in [0.717, 1.165) is 44.7 Å². The minimum Gasteiger partial charge on any atom is -0.481 e. The molecule has 3 rings (SSSR count). The number of hydrogen-bond donors (Lipinski definition) is 1. The molecule has 1 aromatic rings. The highest BCUT2D eigenvalue weighted by atomic mass is 16.4. The van der Waals surface area contributed by atoms with Crippen molar-refractivity contribution in [1.29, 1.82) is 0 Å². The van der Waals surface area contributed by atoms with Gasteiger partial charge in [0.05, 0.1) is 0 Å². The zero-order valence-electron chi connectivity index (χ0n) is 16.7. The van der Waals surface area contributed by atoms with Crippen LogP contribution < -0.4 is 0 Å². The molecule has 0 bridgehead atoms. The summed E-state index contributed by atoms with van der Waals surface area (Å²) in [6.07, 6.45) is 3.44. The van der Waals surface area contributed by atoms with Crippen molar-refractivity contribution < 1.29 is 14.7 Å². The molecule has 2 saturated heterocycles. The van der Waals surface area contributed by atoms with Gasteiger partial charge < -0.3 is 14.9 Å². The molecule has 2 atom stereocenters. The second kappa shape index (κ2) is 9.34. The fraction of sp³-hybridized carbons (Fsp3) is 0.545. The van der Waals surface area contributed by atoms with Gasteiger partial charge in [-0.2, -0.15) is 0 Å². The fourth-order valence-corrected chi connectivity index (χ4v) is 4.38. The average Bonchev–Trinajstić information content (AvgIpc) is 2.72. The highest BCUT2D eigenvalue weighted by molar-refractivity contribution is 5.94. The molecule has 0 aromatic heterocycles. The highest BCUT2D eigenvalue weighted by Gasteiger charge is 2.36. The number of rotatable bonds is 6. The van der Waals surface area contributed by atoms with Gasteiger partial charge in [-0.05, 0) is 43.5 Å². The lowest BCUT2D eigenvalue weighted by atomic mass is 9.86. The molecule has 6 heteroatoms. The third-order valence-corrected chi connectivity index (χ3v) is 6.11. The Kier molecular flexibility index (Phi) is 6.86. The average molecular weight is 386 g/mol. The van der Waals surface area contributed by atoms with E-state index in [4.69, 9.17) is 5.11 Å². The largest absolute Gasteiger partial charge is 0.481 e. The van der Waals surface area contributed by atoms with Gasteiger partial charge in [0.2, 0.25) is 0 Å². The van der Waals surface area contributed by atoms with Gasteiger partial charge in [-0.15, -0.1) is 0 Å². The van der Waals surface area contributed by atoms with Crippen LogP contribution in [-0.4, -0.2) is 84.0 Å². The van der Waals surface area contributed by atoms with E-state index in [1.165, 1.54) is 0 Å². The zero-order chi connectivity index (χ0) is 20.1. The molecule has 2 fully saturated rings. The first-order valence-electron chi connectivity index (χ1n) is 10.1. The smallest absolute Gasteiger partial charge is 0.303 e. The number of carboxylic acids is 1. The Morgan fingerprint density at radius 3 is 2.43 bits per heavy atom. The fourth-order valence-electron chi connectivity index (χ4n) is 4.38. The van der Waals surface area contributed by atoms with Crippen LogP contribution in [0.1, 0.15) is 35.2 Å². The Bertz CT molecular complexity index is 695. The van der Waals surface area contributed by atoms with Crippen molar-refractivity contribution in [2.75, 3.05) is 46.3 Å². The number of likely N-dealkylation sites (N-methyl/N-ethyl adjacent to an activating group) is 1.